The molecule has 2 nitrogen and oxygen atoms in total. The van der Waals surface area contributed by atoms with Gasteiger partial charge in [-0.25, -0.2) is 0 Å². The van der Waals surface area contributed by atoms with Crippen molar-refractivity contribution in [3.63, 3.8) is 0 Å². The Balaban J connectivity index is 1.97. The van der Waals surface area contributed by atoms with Crippen LogP contribution in [0.4, 0.5) is 0 Å². The quantitative estimate of drug-likeness (QED) is 0.653. The monoisotopic (exact) mass is 169 g/mol. The summed E-state index contributed by atoms with van der Waals surface area (Å²) in [6.07, 6.45) is 6.15. The maximum Gasteiger partial charge on any atom is 0.0799 e. The Labute approximate surface area is 74.4 Å². The zero-order valence-corrected chi connectivity index (χ0v) is 7.84. The molecular weight excluding hydrogens is 150 g/mol. The standard InChI is InChI=1S/C10H19NO/c1-10(12,8-4-2-5-8)9-6-3-7-11-9/h8-9,11-12H,2-7H2,1H3/t9-,10+/m0/s1. The fraction of sp³-hybridized carbons (Fsp3) is 1.00. The van der Waals surface area contributed by atoms with E-state index < -0.39 is 5.60 Å². The van der Waals surface area contributed by atoms with Crippen LogP contribution in [0, 0.1) is 5.92 Å². The minimum absolute atomic E-state index is 0.364. The van der Waals surface area contributed by atoms with Crippen LogP contribution in [0.2, 0.25) is 0 Å². The van der Waals surface area contributed by atoms with Crippen LogP contribution in [0.25, 0.3) is 0 Å². The Kier molecular flexibility index (Phi) is 2.13. The average molecular weight is 169 g/mol. The summed E-state index contributed by atoms with van der Waals surface area (Å²) in [6.45, 7) is 3.10. The highest BCUT2D eigenvalue weighted by Crippen LogP contribution is 2.39. The first-order valence-electron chi connectivity index (χ1n) is 5.17. The van der Waals surface area contributed by atoms with E-state index in [4.69, 9.17) is 0 Å². The van der Waals surface area contributed by atoms with Crippen molar-refractivity contribution >= 4 is 0 Å². The average Bonchev–Trinajstić information content (AvgIpc) is 2.30. The van der Waals surface area contributed by atoms with Crippen LogP contribution in [0.3, 0.4) is 0 Å². The number of nitrogens with one attached hydrogen (secondary N) is 1. The van der Waals surface area contributed by atoms with Crippen LogP contribution >= 0.6 is 0 Å². The lowest BCUT2D eigenvalue weighted by Gasteiger charge is -2.42. The first kappa shape index (κ1) is 8.52. The third-order valence-corrected chi connectivity index (χ3v) is 3.70. The molecule has 1 aliphatic carbocycles. The summed E-state index contributed by atoms with van der Waals surface area (Å²) in [5.74, 6) is 0.563. The number of hydrogen-bond acceptors (Lipinski definition) is 2. The smallest absolute Gasteiger partial charge is 0.0799 e. The van der Waals surface area contributed by atoms with E-state index in [0.717, 1.165) is 13.0 Å². The van der Waals surface area contributed by atoms with E-state index in [-0.39, 0.29) is 0 Å². The maximum atomic E-state index is 10.3. The molecule has 0 aromatic heterocycles. The molecule has 2 heteroatoms. The van der Waals surface area contributed by atoms with Gasteiger partial charge in [0.2, 0.25) is 0 Å². The molecule has 0 amide bonds. The highest BCUT2D eigenvalue weighted by molar-refractivity contribution is 4.98. The third kappa shape index (κ3) is 1.27. The summed E-state index contributed by atoms with van der Waals surface area (Å²) in [5, 5.41) is 13.7. The highest BCUT2D eigenvalue weighted by atomic mass is 16.3. The molecule has 1 heterocycles. The normalized spacial score (nSPS) is 36.0. The largest absolute Gasteiger partial charge is 0.388 e. The molecule has 1 aliphatic heterocycles. The van der Waals surface area contributed by atoms with Crippen LogP contribution in [0.5, 0.6) is 0 Å². The molecule has 1 saturated carbocycles. The minimum atomic E-state index is -0.436. The van der Waals surface area contributed by atoms with Gasteiger partial charge in [0.25, 0.3) is 0 Å². The van der Waals surface area contributed by atoms with Crippen molar-refractivity contribution in [1.29, 1.82) is 0 Å². The number of rotatable bonds is 2. The first-order chi connectivity index (χ1) is 5.71. The van der Waals surface area contributed by atoms with Crippen molar-refractivity contribution in [3.8, 4) is 0 Å². The molecule has 12 heavy (non-hydrogen) atoms. The second-order valence-corrected chi connectivity index (χ2v) is 4.50. The van der Waals surface area contributed by atoms with Crippen molar-refractivity contribution in [2.45, 2.75) is 50.7 Å². The molecule has 2 rings (SSSR count). The van der Waals surface area contributed by atoms with Gasteiger partial charge in [-0.1, -0.05) is 6.42 Å². The van der Waals surface area contributed by atoms with Crippen molar-refractivity contribution in [2.75, 3.05) is 6.54 Å². The summed E-state index contributed by atoms with van der Waals surface area (Å²) >= 11 is 0. The lowest BCUT2D eigenvalue weighted by atomic mass is 9.70. The predicted octanol–water partition coefficient (Wildman–Crippen LogP) is 1.29. The van der Waals surface area contributed by atoms with Gasteiger partial charge in [-0.15, -0.1) is 0 Å². The van der Waals surface area contributed by atoms with E-state index in [0.29, 0.717) is 12.0 Å². The summed E-state index contributed by atoms with van der Waals surface area (Å²) in [4.78, 5) is 0. The van der Waals surface area contributed by atoms with Gasteiger partial charge >= 0.3 is 0 Å². The predicted molar refractivity (Wildman–Crippen MR) is 49.0 cm³/mol. The zero-order chi connectivity index (χ0) is 8.60. The second-order valence-electron chi connectivity index (χ2n) is 4.50. The van der Waals surface area contributed by atoms with Gasteiger partial charge in [0.15, 0.2) is 0 Å². The van der Waals surface area contributed by atoms with Crippen LogP contribution < -0.4 is 5.32 Å². The minimum Gasteiger partial charge on any atom is -0.388 e. The van der Waals surface area contributed by atoms with E-state index in [2.05, 4.69) is 5.32 Å². The van der Waals surface area contributed by atoms with E-state index in [1.807, 2.05) is 6.92 Å². The first-order valence-corrected chi connectivity index (χ1v) is 5.17. The van der Waals surface area contributed by atoms with E-state index in [1.54, 1.807) is 0 Å². The molecule has 2 atom stereocenters. The number of aliphatic hydroxyl groups is 1. The van der Waals surface area contributed by atoms with Crippen molar-refractivity contribution < 1.29 is 5.11 Å². The molecule has 2 aliphatic rings. The molecule has 2 fully saturated rings. The van der Waals surface area contributed by atoms with Gasteiger partial charge in [-0.2, -0.15) is 0 Å². The zero-order valence-electron chi connectivity index (χ0n) is 7.84. The van der Waals surface area contributed by atoms with Crippen LogP contribution in [0.15, 0.2) is 0 Å². The van der Waals surface area contributed by atoms with Crippen LogP contribution in [-0.2, 0) is 0 Å². The van der Waals surface area contributed by atoms with Crippen molar-refractivity contribution in [3.05, 3.63) is 0 Å². The van der Waals surface area contributed by atoms with Gasteiger partial charge in [0.1, 0.15) is 0 Å². The molecule has 0 spiro atoms. The Morgan fingerprint density at radius 2 is 2.00 bits per heavy atom. The fourth-order valence-electron chi connectivity index (χ4n) is 2.46. The van der Waals surface area contributed by atoms with E-state index in [9.17, 15) is 5.11 Å². The van der Waals surface area contributed by atoms with Crippen molar-refractivity contribution in [2.24, 2.45) is 5.92 Å². The summed E-state index contributed by atoms with van der Waals surface area (Å²) in [5.41, 5.74) is -0.436. The van der Waals surface area contributed by atoms with E-state index >= 15 is 0 Å². The Morgan fingerprint density at radius 3 is 2.42 bits per heavy atom. The van der Waals surface area contributed by atoms with Gasteiger partial charge in [0.05, 0.1) is 5.60 Å². The molecule has 2 N–H and O–H groups in total. The van der Waals surface area contributed by atoms with Gasteiger partial charge in [-0.05, 0) is 45.1 Å². The molecule has 0 bridgehead atoms. The molecule has 0 aromatic carbocycles. The third-order valence-electron chi connectivity index (χ3n) is 3.70. The van der Waals surface area contributed by atoms with Crippen LogP contribution in [-0.4, -0.2) is 23.3 Å². The van der Waals surface area contributed by atoms with Gasteiger partial charge < -0.3 is 10.4 Å². The Morgan fingerprint density at radius 1 is 1.25 bits per heavy atom. The van der Waals surface area contributed by atoms with Crippen LogP contribution in [0.1, 0.15) is 39.0 Å². The fourth-order valence-corrected chi connectivity index (χ4v) is 2.46. The SMILES string of the molecule is C[C@@](O)(C1CCC1)[C@@H]1CCCN1. The second kappa shape index (κ2) is 3.00. The molecule has 0 aromatic rings. The number of hydrogen-bond donors (Lipinski definition) is 2. The molecule has 1 saturated heterocycles. The highest BCUT2D eigenvalue weighted by Gasteiger charge is 2.42. The molecule has 0 radical (unpaired) electrons. The summed E-state index contributed by atoms with van der Waals surface area (Å²) in [7, 11) is 0. The topological polar surface area (TPSA) is 32.3 Å². The lowest BCUT2D eigenvalue weighted by molar-refractivity contribution is -0.0592. The summed E-state index contributed by atoms with van der Waals surface area (Å²) in [6, 6.07) is 0.364. The maximum absolute atomic E-state index is 10.3. The molecular formula is C10H19NO. The van der Waals surface area contributed by atoms with E-state index in [1.165, 1.54) is 25.7 Å². The van der Waals surface area contributed by atoms with Crippen molar-refractivity contribution in [1.82, 2.24) is 5.32 Å². The summed E-state index contributed by atoms with van der Waals surface area (Å²) < 4.78 is 0. The Hall–Kier alpha value is -0.0800. The van der Waals surface area contributed by atoms with Gasteiger partial charge in [-0.3, -0.25) is 0 Å². The molecule has 70 valence electrons. The Bertz CT molecular complexity index is 157. The van der Waals surface area contributed by atoms with Gasteiger partial charge in [0, 0.05) is 6.04 Å². The lowest BCUT2D eigenvalue weighted by Crippen LogP contribution is -2.52. The molecule has 0 unspecified atom stereocenters.